The van der Waals surface area contributed by atoms with Crippen LogP contribution in [0, 0.1) is 0 Å². The van der Waals surface area contributed by atoms with Crippen molar-refractivity contribution < 1.29 is 0 Å². The molecule has 118 valence electrons. The third kappa shape index (κ3) is 2.66. The molecule has 23 heavy (non-hydrogen) atoms. The Morgan fingerprint density at radius 2 is 2.00 bits per heavy atom. The minimum atomic E-state index is 0.387. The molecule has 2 heterocycles. The molecule has 1 N–H and O–H groups in total. The Kier molecular flexibility index (Phi) is 3.88. The molecule has 0 aliphatic carbocycles. The molecular formula is C20H21ClN2. The Morgan fingerprint density at radius 3 is 2.83 bits per heavy atom. The zero-order valence-corrected chi connectivity index (χ0v) is 14.1. The molecule has 0 bridgehead atoms. The van der Waals surface area contributed by atoms with Crippen LogP contribution in [0.1, 0.15) is 29.8 Å². The van der Waals surface area contributed by atoms with Crippen LogP contribution in [0.25, 0.3) is 10.9 Å². The number of halogens is 1. The molecule has 1 aliphatic heterocycles. The van der Waals surface area contributed by atoms with Gasteiger partial charge in [0.05, 0.1) is 0 Å². The molecule has 1 atom stereocenters. The predicted octanol–water partition coefficient (Wildman–Crippen LogP) is 4.74. The lowest BCUT2D eigenvalue weighted by Crippen LogP contribution is -2.28. The Bertz CT molecular complexity index is 836. The lowest BCUT2D eigenvalue weighted by atomic mass is 9.99. The van der Waals surface area contributed by atoms with E-state index in [2.05, 4.69) is 59.3 Å². The highest BCUT2D eigenvalue weighted by Crippen LogP contribution is 2.35. The Hall–Kier alpha value is -1.77. The number of hydrogen-bond donors (Lipinski definition) is 1. The third-order valence-electron chi connectivity index (χ3n) is 4.89. The first-order valence-electron chi connectivity index (χ1n) is 8.32. The number of aryl methyl sites for hydroxylation is 2. The number of rotatable bonds is 3. The van der Waals surface area contributed by atoms with Crippen molar-refractivity contribution in [2.24, 2.45) is 0 Å². The van der Waals surface area contributed by atoms with Crippen LogP contribution in [-0.2, 0) is 19.4 Å². The van der Waals surface area contributed by atoms with E-state index < -0.39 is 0 Å². The van der Waals surface area contributed by atoms with Gasteiger partial charge in [-0.2, -0.15) is 0 Å². The van der Waals surface area contributed by atoms with E-state index >= 15 is 0 Å². The molecule has 1 unspecified atom stereocenters. The van der Waals surface area contributed by atoms with Gasteiger partial charge in [0.2, 0.25) is 0 Å². The van der Waals surface area contributed by atoms with Gasteiger partial charge in [0.1, 0.15) is 0 Å². The molecule has 0 radical (unpaired) electrons. The largest absolute Gasteiger partial charge is 0.344 e. The summed E-state index contributed by atoms with van der Waals surface area (Å²) in [5.74, 6) is 0. The average Bonchev–Trinajstić information content (AvgIpc) is 2.88. The molecule has 3 heteroatoms. The number of benzene rings is 2. The Labute approximate surface area is 142 Å². The van der Waals surface area contributed by atoms with Crippen LogP contribution in [0.4, 0.5) is 0 Å². The fraction of sp³-hybridized carbons (Fsp3) is 0.300. The van der Waals surface area contributed by atoms with Crippen molar-refractivity contribution in [3.05, 3.63) is 70.4 Å². The zero-order valence-electron chi connectivity index (χ0n) is 13.3. The molecule has 0 amide bonds. The van der Waals surface area contributed by atoms with Crippen LogP contribution < -0.4 is 5.32 Å². The zero-order chi connectivity index (χ0) is 15.8. The minimum Gasteiger partial charge on any atom is -0.344 e. The normalized spacial score (nSPS) is 17.4. The Balaban J connectivity index is 1.79. The van der Waals surface area contributed by atoms with E-state index in [4.69, 9.17) is 11.6 Å². The summed E-state index contributed by atoms with van der Waals surface area (Å²) < 4.78 is 2.51. The van der Waals surface area contributed by atoms with Crippen LogP contribution in [0.3, 0.4) is 0 Å². The second-order valence-electron chi connectivity index (χ2n) is 6.33. The summed E-state index contributed by atoms with van der Waals surface area (Å²) >= 11 is 6.26. The molecule has 0 saturated carbocycles. The number of fused-ring (bicyclic) bond motifs is 3. The van der Waals surface area contributed by atoms with Gasteiger partial charge >= 0.3 is 0 Å². The molecule has 4 rings (SSSR count). The molecule has 3 aromatic rings. The Morgan fingerprint density at radius 1 is 1.17 bits per heavy atom. The molecule has 1 aliphatic rings. The number of nitrogens with zero attached hydrogens (tertiary/aromatic N) is 1. The van der Waals surface area contributed by atoms with E-state index in [1.165, 1.54) is 27.7 Å². The summed E-state index contributed by atoms with van der Waals surface area (Å²) in [6.07, 6.45) is 2.14. The molecule has 0 spiro atoms. The van der Waals surface area contributed by atoms with Crippen molar-refractivity contribution in [2.75, 3.05) is 6.54 Å². The van der Waals surface area contributed by atoms with Crippen molar-refractivity contribution in [3.8, 4) is 0 Å². The summed E-state index contributed by atoms with van der Waals surface area (Å²) in [5, 5.41) is 5.70. The van der Waals surface area contributed by atoms with Gasteiger partial charge in [0.15, 0.2) is 0 Å². The number of hydrogen-bond acceptors (Lipinski definition) is 1. The van der Waals surface area contributed by atoms with Crippen molar-refractivity contribution >= 4 is 22.5 Å². The first kappa shape index (κ1) is 14.8. The second kappa shape index (κ2) is 6.03. The van der Waals surface area contributed by atoms with Gasteiger partial charge in [-0.25, -0.2) is 0 Å². The first-order valence-corrected chi connectivity index (χ1v) is 8.69. The van der Waals surface area contributed by atoms with Gasteiger partial charge in [-0.1, -0.05) is 41.9 Å². The van der Waals surface area contributed by atoms with Crippen LogP contribution in [0.2, 0.25) is 5.02 Å². The van der Waals surface area contributed by atoms with Crippen LogP contribution in [0.5, 0.6) is 0 Å². The lowest BCUT2D eigenvalue weighted by Gasteiger charge is -2.23. The van der Waals surface area contributed by atoms with Crippen molar-refractivity contribution in [1.82, 2.24) is 9.88 Å². The van der Waals surface area contributed by atoms with Crippen LogP contribution in [-0.4, -0.2) is 11.1 Å². The van der Waals surface area contributed by atoms with Gasteiger partial charge in [-0.3, -0.25) is 0 Å². The summed E-state index contributed by atoms with van der Waals surface area (Å²) in [6, 6.07) is 17.4. The third-order valence-corrected chi connectivity index (χ3v) is 5.12. The number of aromatic nitrogens is 1. The lowest BCUT2D eigenvalue weighted by molar-refractivity contribution is 0.521. The van der Waals surface area contributed by atoms with Gasteiger partial charge in [-0.15, -0.1) is 0 Å². The first-order chi connectivity index (χ1) is 11.2. The maximum absolute atomic E-state index is 6.26. The highest BCUT2D eigenvalue weighted by atomic mass is 35.5. The predicted molar refractivity (Wildman–Crippen MR) is 97.2 cm³/mol. The monoisotopic (exact) mass is 324 g/mol. The maximum atomic E-state index is 6.26. The van der Waals surface area contributed by atoms with Crippen molar-refractivity contribution in [3.63, 3.8) is 0 Å². The van der Waals surface area contributed by atoms with E-state index in [9.17, 15) is 0 Å². The van der Waals surface area contributed by atoms with Crippen molar-refractivity contribution in [1.29, 1.82) is 0 Å². The van der Waals surface area contributed by atoms with Gasteiger partial charge in [-0.05, 0) is 42.7 Å². The molecule has 2 nitrogen and oxygen atoms in total. The maximum Gasteiger partial charge on any atom is 0.0487 e. The molecule has 0 fully saturated rings. The summed E-state index contributed by atoms with van der Waals surface area (Å²) in [7, 11) is 0. The van der Waals surface area contributed by atoms with E-state index in [-0.39, 0.29) is 0 Å². The highest BCUT2D eigenvalue weighted by Gasteiger charge is 2.24. The summed E-state index contributed by atoms with van der Waals surface area (Å²) in [4.78, 5) is 0. The van der Waals surface area contributed by atoms with E-state index in [1.54, 1.807) is 0 Å². The number of nitrogens with one attached hydrogen (secondary N) is 1. The summed E-state index contributed by atoms with van der Waals surface area (Å²) in [6.45, 7) is 4.31. The average molecular weight is 325 g/mol. The minimum absolute atomic E-state index is 0.387. The second-order valence-corrected chi connectivity index (χ2v) is 6.77. The molecular weight excluding hydrogens is 304 g/mol. The smallest absolute Gasteiger partial charge is 0.0487 e. The fourth-order valence-electron chi connectivity index (χ4n) is 3.81. The van der Waals surface area contributed by atoms with Crippen molar-refractivity contribution in [2.45, 2.75) is 32.4 Å². The van der Waals surface area contributed by atoms with Crippen LogP contribution >= 0.6 is 11.6 Å². The van der Waals surface area contributed by atoms with E-state index in [0.717, 1.165) is 31.0 Å². The molecule has 2 aromatic carbocycles. The standard InChI is InChI=1S/C20H21ClN2/c1-14-20-17-13-16(21)7-8-18(17)23(19(20)9-11-22-14)12-10-15-5-3-2-4-6-15/h2-8,13-14,22H,9-12H2,1H3. The SMILES string of the molecule is CC1NCCc2c1c1cc(Cl)ccc1n2CCc1ccccc1. The highest BCUT2D eigenvalue weighted by molar-refractivity contribution is 6.31. The summed E-state index contributed by atoms with van der Waals surface area (Å²) in [5.41, 5.74) is 5.61. The van der Waals surface area contributed by atoms with Gasteiger partial charge in [0.25, 0.3) is 0 Å². The van der Waals surface area contributed by atoms with Crippen LogP contribution in [0.15, 0.2) is 48.5 Å². The van der Waals surface area contributed by atoms with E-state index in [0.29, 0.717) is 6.04 Å². The topological polar surface area (TPSA) is 17.0 Å². The van der Waals surface area contributed by atoms with Gasteiger partial charge < -0.3 is 9.88 Å². The molecule has 0 saturated heterocycles. The van der Waals surface area contributed by atoms with E-state index in [1.807, 2.05) is 6.07 Å². The quantitative estimate of drug-likeness (QED) is 0.736. The van der Waals surface area contributed by atoms with Gasteiger partial charge in [0, 0.05) is 47.2 Å². The fourth-order valence-corrected chi connectivity index (χ4v) is 3.98. The molecule has 1 aromatic heterocycles.